The van der Waals surface area contributed by atoms with E-state index < -0.39 is 47.4 Å². The van der Waals surface area contributed by atoms with Crippen molar-refractivity contribution in [3.8, 4) is 47.4 Å². The molecule has 7 fully saturated rings. The van der Waals surface area contributed by atoms with E-state index in [1.165, 1.54) is 96.6 Å². The molecule has 3 saturated carbocycles. The van der Waals surface area contributed by atoms with Crippen LogP contribution in [-0.4, -0.2) is 174 Å². The number of ether oxygens (including phenoxy) is 3. The van der Waals surface area contributed by atoms with E-state index in [1.54, 1.807) is 17.0 Å². The van der Waals surface area contributed by atoms with Crippen LogP contribution in [0, 0.1) is 105 Å². The Morgan fingerprint density at radius 3 is 1.04 bits per heavy atom. The number of aromatic carboxylic acids is 1. The molecular weight excluding hydrogens is 1830 g/mol. The van der Waals surface area contributed by atoms with Gasteiger partial charge in [0.2, 0.25) is 46.5 Å². The van der Waals surface area contributed by atoms with Crippen molar-refractivity contribution in [1.82, 2.24) is 0 Å². The van der Waals surface area contributed by atoms with Crippen molar-refractivity contribution in [2.45, 2.75) is 250 Å². The standard InChI is InChI=1S/C26H38NO5PS.C25H36NO5PS.C18H26NO4PS.C12H15NO2S.C8H13ClO.C6H11O3P.Li.H2O/c1-18-7-9-19(10-8-18)24(28)27(20-12-15-33(30,32-6)16-13-20)22-17-21(11-14-26(2,3)4)34-23(22)25(29)31-5;1-17-6-8-18(9-7-17)23(27)26(19-11-14-32(30,31-5)15-12-19)21-16-20(10-13-25(2,3)4)33-22(21)24(28)29;1-18(2,3)9-6-14-12-15(16(25-14)17(20)22-4)19-13-7-10-24(21,23-5)11-8-13;1-12(2,3)6-5-8-7-9(13)10(16-8)11(14)15-4;1-6-2-4-7(5-3-6)8(9)10;1-9-10(8)4-2-6(7)3-5-10;;/h17-20H,7-10,12-13,15-16H2,1-6H3;16-19H,6-9,11-12,14-15H2,1-5H3,(H,28,29);12-13,19H,7-8,10-11H2,1-5H3;7H,13H2,1-4H3;6-7H,2-5H2,1H3;2-5H2,1H3;;1H2/q;;;;;;+1;/p-1. The number of nitrogens with one attached hydrogen (secondary N) is 1. The summed E-state index contributed by atoms with van der Waals surface area (Å²) in [6.07, 6.45) is 20.1. The summed E-state index contributed by atoms with van der Waals surface area (Å²) in [4.78, 5) is 106. The van der Waals surface area contributed by atoms with Crippen LogP contribution < -0.4 is 39.7 Å². The van der Waals surface area contributed by atoms with Crippen LogP contribution in [0.2, 0.25) is 0 Å². The molecule has 35 heteroatoms. The van der Waals surface area contributed by atoms with Crippen molar-refractivity contribution >= 4 is 156 Å². The number of carbonyl (C=O) groups is 8. The molecule has 2 amide bonds. The number of thiophene rings is 4. The molecule has 0 atom stereocenters. The first kappa shape index (κ1) is 117. The van der Waals surface area contributed by atoms with Crippen LogP contribution in [0.25, 0.3) is 0 Å². The Hall–Kier alpha value is -5.59. The smallest absolute Gasteiger partial charge is 0.870 e. The number of Topliss-reactive ketones (excluding diaryl/α,β-unsaturated/α-hetero) is 1. The van der Waals surface area contributed by atoms with Crippen LogP contribution in [0.15, 0.2) is 24.3 Å². The fraction of sp³-hybridized carbons (Fsp3) is 0.663. The van der Waals surface area contributed by atoms with Gasteiger partial charge < -0.3 is 63.7 Å². The number of methoxy groups -OCH3 is 3. The van der Waals surface area contributed by atoms with E-state index in [0.29, 0.717) is 136 Å². The van der Waals surface area contributed by atoms with E-state index >= 15 is 0 Å². The molecule has 5 N–H and O–H groups in total. The number of ketones is 1. The van der Waals surface area contributed by atoms with Gasteiger partial charge in [0, 0.05) is 148 Å². The van der Waals surface area contributed by atoms with Crippen LogP contribution in [-0.2, 0) is 69.7 Å². The summed E-state index contributed by atoms with van der Waals surface area (Å²) in [6.45, 7) is 31.0. The van der Waals surface area contributed by atoms with Crippen molar-refractivity contribution in [2.24, 2.45) is 57.2 Å². The van der Waals surface area contributed by atoms with Gasteiger partial charge >= 0.3 is 42.7 Å². The van der Waals surface area contributed by atoms with Gasteiger partial charge in [-0.05, 0) is 252 Å². The Kier molecular flexibility index (Phi) is 47.3. The molecule has 25 nitrogen and oxygen atoms in total. The molecule has 4 aromatic heterocycles. The molecule has 0 radical (unpaired) electrons. The summed E-state index contributed by atoms with van der Waals surface area (Å²) in [5, 5.41) is 13.2. The van der Waals surface area contributed by atoms with E-state index in [9.17, 15) is 61.7 Å². The first-order valence-corrected chi connectivity index (χ1v) is 56.0. The monoisotopic (exact) mass is 1970 g/mol. The van der Waals surface area contributed by atoms with Crippen molar-refractivity contribution < 1.29 is 118 Å². The number of rotatable bonds is 17. The molecule has 7 aliphatic rings. The van der Waals surface area contributed by atoms with Crippen LogP contribution in [0.1, 0.15) is 290 Å². The Bertz CT molecular complexity index is 4930. The zero-order valence-electron chi connectivity index (χ0n) is 80.7. The Balaban J connectivity index is 0.000000343. The Morgan fingerprint density at radius 1 is 0.423 bits per heavy atom. The van der Waals surface area contributed by atoms with Crippen molar-refractivity contribution in [1.29, 1.82) is 0 Å². The van der Waals surface area contributed by atoms with E-state index in [0.717, 1.165) is 115 Å². The maximum Gasteiger partial charge on any atom is 1.00 e. The predicted molar refractivity (Wildman–Crippen MR) is 523 cm³/mol. The summed E-state index contributed by atoms with van der Waals surface area (Å²) in [5.74, 6) is 25.1. The number of halogens is 1. The molecule has 4 aromatic rings. The second-order valence-electron chi connectivity index (χ2n) is 38.5. The van der Waals surface area contributed by atoms with E-state index in [1.807, 2.05) is 100 Å². The molecule has 0 spiro atoms. The molecule has 4 aliphatic heterocycles. The van der Waals surface area contributed by atoms with Gasteiger partial charge in [-0.15, -0.1) is 45.3 Å². The van der Waals surface area contributed by atoms with E-state index in [4.69, 9.17) is 44.9 Å². The molecule has 4 saturated heterocycles. The summed E-state index contributed by atoms with van der Waals surface area (Å²) in [7, 11) is -0.0835. The number of carboxylic acid groups (broad SMARTS) is 1. The van der Waals surface area contributed by atoms with Crippen LogP contribution in [0.3, 0.4) is 0 Å². The van der Waals surface area contributed by atoms with Gasteiger partial charge in [-0.25, -0.2) is 19.2 Å². The third kappa shape index (κ3) is 37.8. The van der Waals surface area contributed by atoms with Gasteiger partial charge in [-0.1, -0.05) is 68.1 Å². The molecule has 0 bridgehead atoms. The minimum Gasteiger partial charge on any atom is -0.870 e. The first-order chi connectivity index (χ1) is 59.7. The first-order valence-electron chi connectivity index (χ1n) is 44.3. The van der Waals surface area contributed by atoms with Gasteiger partial charge in [-0.3, -0.25) is 37.4 Å². The quantitative estimate of drug-likeness (QED) is 0.0221. The number of hydrogen-bond donors (Lipinski definition) is 3. The average molecular weight is 1970 g/mol. The second-order valence-corrected chi connectivity index (χ2v) is 54.6. The molecular formula is C95H140ClLiN4O21P4S4. The largest absolute Gasteiger partial charge is 1.00 e. The number of nitrogens with zero attached hydrogens (tertiary/aromatic N) is 2. The molecule has 130 heavy (non-hydrogen) atoms. The fourth-order valence-electron chi connectivity index (χ4n) is 15.3. The van der Waals surface area contributed by atoms with Crippen molar-refractivity contribution in [2.75, 3.05) is 120 Å². The zero-order valence-corrected chi connectivity index (χ0v) is 88.3. The number of nitrogens with two attached hydrogens (primary N) is 1. The predicted octanol–water partition coefficient (Wildman–Crippen LogP) is 19.9. The van der Waals surface area contributed by atoms with Gasteiger partial charge in [-0.2, -0.15) is 0 Å². The zero-order chi connectivity index (χ0) is 95.7. The Labute approximate surface area is 806 Å². The van der Waals surface area contributed by atoms with Crippen LogP contribution in [0.5, 0.6) is 0 Å². The number of esters is 3. The van der Waals surface area contributed by atoms with Crippen LogP contribution >= 0.6 is 86.4 Å². The minimum atomic E-state index is -2.66. The second kappa shape index (κ2) is 52.6. The summed E-state index contributed by atoms with van der Waals surface area (Å²) in [5.41, 5.74) is 7.32. The van der Waals surface area contributed by atoms with Crippen molar-refractivity contribution in [3.63, 3.8) is 0 Å². The number of hydrogen-bond acceptors (Lipinski definition) is 26. The Morgan fingerprint density at radius 2 is 0.708 bits per heavy atom. The third-order valence-electron chi connectivity index (χ3n) is 23.3. The maximum absolute atomic E-state index is 14.0. The molecule has 0 unspecified atom stereocenters. The minimum absolute atomic E-state index is 0. The maximum atomic E-state index is 14.0. The van der Waals surface area contributed by atoms with Gasteiger partial charge in [0.05, 0.1) is 63.6 Å². The molecule has 3 aliphatic carbocycles. The number of nitrogen functional groups attached to an aromatic ring is 1. The van der Waals surface area contributed by atoms with Gasteiger partial charge in [0.1, 0.15) is 25.3 Å². The summed E-state index contributed by atoms with van der Waals surface area (Å²) < 4.78 is 84.3. The molecule has 8 heterocycles. The summed E-state index contributed by atoms with van der Waals surface area (Å²) >= 11 is 10.4. The molecule has 11 rings (SSSR count). The van der Waals surface area contributed by atoms with E-state index in [2.05, 4.69) is 78.2 Å². The fourth-order valence-corrected chi connectivity index (χ4v) is 26.8. The number of carboxylic acids is 1. The topological polar surface area (TPSA) is 364 Å². The number of amides is 2. The third-order valence-corrected chi connectivity index (χ3v) is 37.8. The molecule has 718 valence electrons. The van der Waals surface area contributed by atoms with Crippen LogP contribution in [0.4, 0.5) is 22.7 Å². The normalized spacial score (nSPS) is 24.6. The SMILES string of the molecule is CC1CCC(C(=O)Cl)CC1.COC(=O)c1sc(C#CC(C)(C)C)cc1N.COC(=O)c1sc(C#CC(C)(C)C)cc1N(C(=O)C1CCC(C)CC1)C1CCP(=O)(OC)CC1.COC(=O)c1sc(C#CC(C)(C)C)cc1NC1CCP(=O)(OC)CC1.COP1(=O)CCC(=O)CC1.COP1(=O)CCC(N(C(=O)C2CCC(C)CC2)c2cc(C#CC(C)(C)C)sc2C(=O)O)CC1.[Li+].[OH-]. The van der Waals surface area contributed by atoms with Gasteiger partial charge in [0.15, 0.2) is 0 Å². The molecule has 0 aromatic carbocycles. The average Bonchev–Trinajstić information content (AvgIpc) is 1.72. The van der Waals surface area contributed by atoms with E-state index in [-0.39, 0.29) is 116 Å². The number of carbonyl (C=O) groups excluding carboxylic acids is 7. The van der Waals surface area contributed by atoms with Gasteiger partial charge in [0.25, 0.3) is 0 Å². The number of anilines is 4. The van der Waals surface area contributed by atoms with Crippen molar-refractivity contribution in [3.05, 3.63) is 63.3 Å². The summed E-state index contributed by atoms with van der Waals surface area (Å²) in [6, 6.07) is 7.08.